The lowest BCUT2D eigenvalue weighted by Crippen LogP contribution is -1.91. The van der Waals surface area contributed by atoms with Crippen LogP contribution in [-0.2, 0) is 5.11 Å². The summed E-state index contributed by atoms with van der Waals surface area (Å²) in [6.45, 7) is 0. The Morgan fingerprint density at radius 3 is 2.00 bits per heavy atom. The first-order chi connectivity index (χ1) is 4.30. The van der Waals surface area contributed by atoms with E-state index in [1.54, 1.807) is 18.2 Å². The van der Waals surface area contributed by atoms with Crippen LogP contribution in [0.15, 0.2) is 30.3 Å². The lowest BCUT2D eigenvalue weighted by atomic mass is 10.2. The van der Waals surface area contributed by atoms with E-state index in [4.69, 9.17) is 0 Å². The molecule has 0 amide bonds. The number of carbonyl (C=O) groups is 1. The van der Waals surface area contributed by atoms with Gasteiger partial charge in [0.25, 0.3) is 0 Å². The van der Waals surface area contributed by atoms with Gasteiger partial charge in [-0.15, -0.1) is 0 Å². The fourth-order valence-electron chi connectivity index (χ4n) is 0.574. The van der Waals surface area contributed by atoms with Crippen LogP contribution in [0.3, 0.4) is 0 Å². The van der Waals surface area contributed by atoms with Gasteiger partial charge in [-0.2, -0.15) is 0 Å². The summed E-state index contributed by atoms with van der Waals surface area (Å²) in [7, 11) is 0. The number of carbonyl (C=O) groups excluding carboxylic acids is 1. The number of rotatable bonds is 1. The molecule has 1 aromatic carbocycles. The van der Waals surface area contributed by atoms with E-state index in [1.165, 1.54) is 12.1 Å². The smallest absolute Gasteiger partial charge is 0.242 e. The molecule has 0 unspecified atom stereocenters. The molecule has 1 rings (SSSR count). The zero-order valence-corrected chi connectivity index (χ0v) is 4.70. The maximum absolute atomic E-state index is 10.1. The number of hydrogen-bond donors (Lipinski definition) is 0. The third-order valence-electron chi connectivity index (χ3n) is 1.01. The highest BCUT2D eigenvalue weighted by Gasteiger charge is 1.99. The van der Waals surface area contributed by atoms with Gasteiger partial charge in [0.15, 0.2) is 0 Å². The van der Waals surface area contributed by atoms with Crippen LogP contribution in [-0.4, -0.2) is 5.97 Å². The van der Waals surface area contributed by atoms with E-state index >= 15 is 0 Å². The lowest BCUT2D eigenvalue weighted by molar-refractivity contribution is 0.0573. The summed E-state index contributed by atoms with van der Waals surface area (Å²) >= 11 is 0. The van der Waals surface area contributed by atoms with Gasteiger partial charge < -0.3 is 0 Å². The molecule has 0 heterocycles. The van der Waals surface area contributed by atoms with Crippen molar-refractivity contribution in [2.45, 2.75) is 0 Å². The standard InChI is InChI=1S/C7H5O2/c8-7(9)6-4-2-1-3-5-6/h1-5H. The summed E-state index contributed by atoms with van der Waals surface area (Å²) in [6.07, 6.45) is 0. The monoisotopic (exact) mass is 121 g/mol. The molecule has 0 saturated heterocycles. The average Bonchev–Trinajstić information content (AvgIpc) is 1.90. The van der Waals surface area contributed by atoms with Crippen LogP contribution in [0.1, 0.15) is 10.4 Å². The fourth-order valence-corrected chi connectivity index (χ4v) is 0.574. The third-order valence-corrected chi connectivity index (χ3v) is 1.01. The SMILES string of the molecule is [O]C(=O)c1ccccc1. The molecule has 45 valence electrons. The highest BCUT2D eigenvalue weighted by Crippen LogP contribution is 1.96. The van der Waals surface area contributed by atoms with Crippen LogP contribution < -0.4 is 0 Å². The second kappa shape index (κ2) is 2.31. The van der Waals surface area contributed by atoms with Crippen molar-refractivity contribution >= 4 is 5.97 Å². The first-order valence-corrected chi connectivity index (χ1v) is 2.57. The van der Waals surface area contributed by atoms with Crippen LogP contribution in [0, 0.1) is 0 Å². The Kier molecular flexibility index (Phi) is 1.49. The summed E-state index contributed by atoms with van der Waals surface area (Å²) in [4.78, 5) is 10.1. The van der Waals surface area contributed by atoms with Crippen molar-refractivity contribution < 1.29 is 9.90 Å². The molecule has 2 nitrogen and oxygen atoms in total. The molecule has 0 aliphatic heterocycles. The van der Waals surface area contributed by atoms with Crippen molar-refractivity contribution in [3.63, 3.8) is 0 Å². The van der Waals surface area contributed by atoms with Gasteiger partial charge >= 0.3 is 5.97 Å². The molecular formula is C7H5O2. The van der Waals surface area contributed by atoms with Crippen LogP contribution in [0.2, 0.25) is 0 Å². The molecule has 0 saturated carbocycles. The van der Waals surface area contributed by atoms with Crippen LogP contribution in [0.5, 0.6) is 0 Å². The minimum absolute atomic E-state index is 0.220. The van der Waals surface area contributed by atoms with E-state index in [0.717, 1.165) is 0 Å². The molecule has 0 aromatic heterocycles. The van der Waals surface area contributed by atoms with Gasteiger partial charge in [0.2, 0.25) is 0 Å². The minimum atomic E-state index is -1.13. The van der Waals surface area contributed by atoms with E-state index in [-0.39, 0.29) is 5.56 Å². The summed E-state index contributed by atoms with van der Waals surface area (Å²) in [5.74, 6) is -1.13. The van der Waals surface area contributed by atoms with Crippen molar-refractivity contribution in [3.05, 3.63) is 35.9 Å². The Labute approximate surface area is 52.8 Å². The zero-order chi connectivity index (χ0) is 6.69. The van der Waals surface area contributed by atoms with E-state index in [2.05, 4.69) is 0 Å². The number of hydrogen-bond acceptors (Lipinski definition) is 1. The molecular weight excluding hydrogens is 116 g/mol. The fraction of sp³-hybridized carbons (Fsp3) is 0. The normalized spacial score (nSPS) is 8.89. The van der Waals surface area contributed by atoms with Crippen LogP contribution in [0.25, 0.3) is 0 Å². The van der Waals surface area contributed by atoms with Gasteiger partial charge in [-0.25, -0.2) is 9.90 Å². The molecule has 1 aromatic rings. The Morgan fingerprint density at radius 1 is 1.11 bits per heavy atom. The third kappa shape index (κ3) is 1.29. The predicted octanol–water partition coefficient (Wildman–Crippen LogP) is 1.26. The minimum Gasteiger partial charge on any atom is -0.242 e. The van der Waals surface area contributed by atoms with Gasteiger partial charge in [-0.3, -0.25) is 0 Å². The molecule has 0 aliphatic carbocycles. The Balaban J connectivity index is 2.98. The van der Waals surface area contributed by atoms with Crippen molar-refractivity contribution in [1.29, 1.82) is 0 Å². The van der Waals surface area contributed by atoms with Crippen molar-refractivity contribution in [3.8, 4) is 0 Å². The van der Waals surface area contributed by atoms with Gasteiger partial charge in [-0.05, 0) is 12.1 Å². The molecule has 0 bridgehead atoms. The average molecular weight is 121 g/mol. The zero-order valence-electron chi connectivity index (χ0n) is 4.70. The van der Waals surface area contributed by atoms with Gasteiger partial charge in [0.05, 0.1) is 5.56 Å². The highest BCUT2D eigenvalue weighted by atomic mass is 16.4. The molecule has 0 fully saturated rings. The maximum Gasteiger partial charge on any atom is 0.386 e. The number of benzene rings is 1. The molecule has 0 N–H and O–H groups in total. The molecule has 9 heavy (non-hydrogen) atoms. The van der Waals surface area contributed by atoms with E-state index in [1.807, 2.05) is 0 Å². The quantitative estimate of drug-likeness (QED) is 0.551. The van der Waals surface area contributed by atoms with E-state index in [9.17, 15) is 9.90 Å². The Hall–Kier alpha value is -1.31. The highest BCUT2D eigenvalue weighted by molar-refractivity contribution is 5.86. The van der Waals surface area contributed by atoms with Gasteiger partial charge in [0.1, 0.15) is 0 Å². The first-order valence-electron chi connectivity index (χ1n) is 2.57. The largest absolute Gasteiger partial charge is 0.386 e. The van der Waals surface area contributed by atoms with Crippen molar-refractivity contribution in [1.82, 2.24) is 0 Å². The van der Waals surface area contributed by atoms with Crippen LogP contribution >= 0.6 is 0 Å². The van der Waals surface area contributed by atoms with E-state index in [0.29, 0.717) is 0 Å². The Bertz CT molecular complexity index is 203. The molecule has 2 heteroatoms. The lowest BCUT2D eigenvalue weighted by Gasteiger charge is -1.85. The van der Waals surface area contributed by atoms with Crippen molar-refractivity contribution in [2.24, 2.45) is 0 Å². The maximum atomic E-state index is 10.1. The summed E-state index contributed by atoms with van der Waals surface area (Å²) in [5.41, 5.74) is 0.220. The summed E-state index contributed by atoms with van der Waals surface area (Å²) < 4.78 is 0. The van der Waals surface area contributed by atoms with Gasteiger partial charge in [-0.1, -0.05) is 18.2 Å². The summed E-state index contributed by atoms with van der Waals surface area (Å²) in [6, 6.07) is 8.06. The Morgan fingerprint density at radius 2 is 1.67 bits per heavy atom. The summed E-state index contributed by atoms with van der Waals surface area (Å²) in [5, 5.41) is 10.1. The van der Waals surface area contributed by atoms with E-state index < -0.39 is 5.97 Å². The second-order valence-corrected chi connectivity index (χ2v) is 1.65. The molecule has 0 aliphatic rings. The molecule has 1 radical (unpaired) electrons. The van der Waals surface area contributed by atoms with Crippen LogP contribution in [0.4, 0.5) is 0 Å². The van der Waals surface area contributed by atoms with Crippen molar-refractivity contribution in [2.75, 3.05) is 0 Å². The predicted molar refractivity (Wildman–Crippen MR) is 31.5 cm³/mol. The van der Waals surface area contributed by atoms with Gasteiger partial charge in [0, 0.05) is 0 Å². The topological polar surface area (TPSA) is 37.0 Å². The first kappa shape index (κ1) is 5.82. The molecule has 0 atom stereocenters. The molecule has 0 spiro atoms. The second-order valence-electron chi connectivity index (χ2n) is 1.65.